The normalized spacial score (nSPS) is 14.2. The molecule has 0 bridgehead atoms. The van der Waals surface area contributed by atoms with E-state index in [-0.39, 0.29) is 18.3 Å². The maximum Gasteiger partial charge on any atom is 0.416 e. The monoisotopic (exact) mass is 319 g/mol. The molecule has 2 aromatic rings. The van der Waals surface area contributed by atoms with Crippen molar-refractivity contribution in [1.82, 2.24) is 25.1 Å². The van der Waals surface area contributed by atoms with Crippen LogP contribution in [0.15, 0.2) is 29.4 Å². The molecule has 2 amide bonds. The number of carbonyl (C=O) groups is 2. The predicted octanol–water partition coefficient (Wildman–Crippen LogP) is 1.04. The third-order valence-electron chi connectivity index (χ3n) is 3.11. The highest BCUT2D eigenvalue weighted by molar-refractivity contribution is 7.99. The molecule has 8 nitrogen and oxygen atoms in total. The summed E-state index contributed by atoms with van der Waals surface area (Å²) in [6.45, 7) is 2.53. The molecule has 9 heteroatoms. The van der Waals surface area contributed by atoms with Crippen LogP contribution in [-0.4, -0.2) is 56.0 Å². The number of amides is 2. The summed E-state index contributed by atoms with van der Waals surface area (Å²) in [4.78, 5) is 24.4. The smallest absolute Gasteiger partial charge is 0.416 e. The van der Waals surface area contributed by atoms with E-state index in [2.05, 4.69) is 15.5 Å². The molecule has 1 saturated heterocycles. The van der Waals surface area contributed by atoms with Crippen LogP contribution in [0.5, 0.6) is 0 Å². The van der Waals surface area contributed by atoms with Gasteiger partial charge in [-0.1, -0.05) is 29.5 Å². The Balaban J connectivity index is 1.69. The molecule has 0 aliphatic carbocycles. The molecule has 22 heavy (non-hydrogen) atoms. The number of aromatic nitrogens is 4. The van der Waals surface area contributed by atoms with E-state index in [0.29, 0.717) is 11.7 Å². The average Bonchev–Trinajstić information content (AvgIpc) is 3.14. The number of imide groups is 1. The van der Waals surface area contributed by atoms with Gasteiger partial charge in [-0.25, -0.2) is 9.69 Å². The molecule has 0 N–H and O–H groups in total. The van der Waals surface area contributed by atoms with Crippen molar-refractivity contribution in [3.63, 3.8) is 0 Å². The first kappa shape index (κ1) is 14.5. The first-order chi connectivity index (χ1) is 10.6. The highest BCUT2D eigenvalue weighted by atomic mass is 32.2. The average molecular weight is 319 g/mol. The number of thioether (sulfide) groups is 1. The minimum atomic E-state index is -0.594. The van der Waals surface area contributed by atoms with E-state index in [9.17, 15) is 9.59 Å². The van der Waals surface area contributed by atoms with Crippen molar-refractivity contribution >= 4 is 23.8 Å². The number of tetrazole rings is 1. The van der Waals surface area contributed by atoms with Crippen molar-refractivity contribution in [3.05, 3.63) is 29.8 Å². The number of benzene rings is 1. The summed E-state index contributed by atoms with van der Waals surface area (Å²) in [7, 11) is 0. The molecule has 0 atom stereocenters. The van der Waals surface area contributed by atoms with Crippen molar-refractivity contribution in [3.8, 4) is 5.69 Å². The largest absolute Gasteiger partial charge is 0.447 e. The fourth-order valence-electron chi connectivity index (χ4n) is 1.94. The molecule has 2 heterocycles. The summed E-state index contributed by atoms with van der Waals surface area (Å²) in [6, 6.07) is 7.71. The highest BCUT2D eigenvalue weighted by Gasteiger charge is 2.28. The number of cyclic esters (lactones) is 1. The Morgan fingerprint density at radius 2 is 2.14 bits per heavy atom. The summed E-state index contributed by atoms with van der Waals surface area (Å²) < 4.78 is 6.29. The van der Waals surface area contributed by atoms with Crippen molar-refractivity contribution in [2.45, 2.75) is 12.1 Å². The summed E-state index contributed by atoms with van der Waals surface area (Å²) in [5.41, 5.74) is 1.94. The van der Waals surface area contributed by atoms with Crippen LogP contribution in [0.3, 0.4) is 0 Å². The summed E-state index contributed by atoms with van der Waals surface area (Å²) >= 11 is 1.18. The summed E-state index contributed by atoms with van der Waals surface area (Å²) in [6.07, 6.45) is -0.594. The van der Waals surface area contributed by atoms with Crippen LogP contribution < -0.4 is 0 Å². The van der Waals surface area contributed by atoms with Gasteiger partial charge >= 0.3 is 6.09 Å². The number of aryl methyl sites for hydroxylation is 1. The second-order valence-electron chi connectivity index (χ2n) is 4.66. The van der Waals surface area contributed by atoms with Crippen LogP contribution in [0.25, 0.3) is 5.69 Å². The Kier molecular flexibility index (Phi) is 4.05. The third-order valence-corrected chi connectivity index (χ3v) is 4.01. The lowest BCUT2D eigenvalue weighted by Crippen LogP contribution is -2.33. The summed E-state index contributed by atoms with van der Waals surface area (Å²) in [5, 5.41) is 12.0. The molecule has 1 aliphatic heterocycles. The molecule has 3 rings (SSSR count). The van der Waals surface area contributed by atoms with Gasteiger partial charge in [-0.15, -0.1) is 5.10 Å². The van der Waals surface area contributed by atoms with E-state index in [1.807, 2.05) is 31.2 Å². The Bertz CT molecular complexity index is 700. The molecule has 1 fully saturated rings. The Morgan fingerprint density at radius 1 is 1.36 bits per heavy atom. The Labute approximate surface area is 130 Å². The molecular weight excluding hydrogens is 306 g/mol. The van der Waals surface area contributed by atoms with Crippen LogP contribution in [0.4, 0.5) is 4.79 Å². The number of rotatable bonds is 4. The van der Waals surface area contributed by atoms with Crippen LogP contribution >= 0.6 is 11.8 Å². The molecule has 0 saturated carbocycles. The van der Waals surface area contributed by atoms with Gasteiger partial charge in [-0.2, -0.15) is 4.68 Å². The van der Waals surface area contributed by atoms with Gasteiger partial charge in [0.1, 0.15) is 6.61 Å². The first-order valence-electron chi connectivity index (χ1n) is 6.60. The zero-order valence-corrected chi connectivity index (χ0v) is 12.6. The SMILES string of the molecule is Cc1ccc(-n2nnnc2SCC(=O)N2CCOC2=O)cc1. The Hall–Kier alpha value is -2.42. The van der Waals surface area contributed by atoms with Crippen molar-refractivity contribution in [1.29, 1.82) is 0 Å². The van der Waals surface area contributed by atoms with Crippen LogP contribution in [0, 0.1) is 6.92 Å². The quantitative estimate of drug-likeness (QED) is 0.778. The summed E-state index contributed by atoms with van der Waals surface area (Å²) in [5.74, 6) is -0.243. The number of hydrogen-bond acceptors (Lipinski definition) is 7. The van der Waals surface area contributed by atoms with Crippen molar-refractivity contribution in [2.24, 2.45) is 0 Å². The van der Waals surface area contributed by atoms with Crippen LogP contribution in [0.2, 0.25) is 0 Å². The van der Waals surface area contributed by atoms with Gasteiger partial charge in [0.15, 0.2) is 0 Å². The molecule has 114 valence electrons. The fourth-order valence-corrected chi connectivity index (χ4v) is 2.71. The lowest BCUT2D eigenvalue weighted by Gasteiger charge is -2.09. The van der Waals surface area contributed by atoms with E-state index in [4.69, 9.17) is 4.74 Å². The maximum atomic E-state index is 12.0. The number of carbonyl (C=O) groups excluding carboxylic acids is 2. The number of hydrogen-bond donors (Lipinski definition) is 0. The van der Waals surface area contributed by atoms with Gasteiger partial charge in [0, 0.05) is 0 Å². The topological polar surface area (TPSA) is 90.2 Å². The second-order valence-corrected chi connectivity index (χ2v) is 5.60. The zero-order chi connectivity index (χ0) is 15.5. The Morgan fingerprint density at radius 3 is 2.82 bits per heavy atom. The fraction of sp³-hybridized carbons (Fsp3) is 0.308. The van der Waals surface area contributed by atoms with E-state index >= 15 is 0 Å². The minimum absolute atomic E-state index is 0.0708. The van der Waals surface area contributed by atoms with E-state index < -0.39 is 6.09 Å². The zero-order valence-electron chi connectivity index (χ0n) is 11.8. The van der Waals surface area contributed by atoms with Gasteiger partial charge in [0.25, 0.3) is 0 Å². The predicted molar refractivity (Wildman–Crippen MR) is 77.7 cm³/mol. The van der Waals surface area contributed by atoms with Crippen molar-refractivity contribution < 1.29 is 14.3 Å². The standard InChI is InChI=1S/C13H13N5O3S/c1-9-2-4-10(5-3-9)18-12(14-15-16-18)22-8-11(19)17-6-7-21-13(17)20/h2-5H,6-8H2,1H3. The van der Waals surface area contributed by atoms with Gasteiger partial charge in [-0.3, -0.25) is 4.79 Å². The molecule has 1 aliphatic rings. The van der Waals surface area contributed by atoms with Crippen LogP contribution in [0.1, 0.15) is 5.56 Å². The lowest BCUT2D eigenvalue weighted by molar-refractivity contribution is -0.125. The van der Waals surface area contributed by atoms with Crippen molar-refractivity contribution in [2.75, 3.05) is 18.9 Å². The first-order valence-corrected chi connectivity index (χ1v) is 7.59. The van der Waals surface area contributed by atoms with E-state index in [1.165, 1.54) is 11.8 Å². The van der Waals surface area contributed by atoms with Gasteiger partial charge in [0.05, 0.1) is 18.0 Å². The van der Waals surface area contributed by atoms with Gasteiger partial charge in [-0.05, 0) is 29.5 Å². The van der Waals surface area contributed by atoms with Gasteiger partial charge < -0.3 is 4.74 Å². The number of ether oxygens (including phenoxy) is 1. The molecule has 0 radical (unpaired) electrons. The molecule has 1 aromatic carbocycles. The van der Waals surface area contributed by atoms with E-state index in [1.54, 1.807) is 4.68 Å². The lowest BCUT2D eigenvalue weighted by atomic mass is 10.2. The highest BCUT2D eigenvalue weighted by Crippen LogP contribution is 2.19. The molecule has 1 aromatic heterocycles. The molecule has 0 unspecified atom stereocenters. The molecule has 0 spiro atoms. The third kappa shape index (κ3) is 2.93. The minimum Gasteiger partial charge on any atom is -0.447 e. The van der Waals surface area contributed by atoms with Crippen LogP contribution in [-0.2, 0) is 9.53 Å². The second kappa shape index (κ2) is 6.14. The maximum absolute atomic E-state index is 12.0. The number of nitrogens with zero attached hydrogens (tertiary/aromatic N) is 5. The van der Waals surface area contributed by atoms with E-state index in [0.717, 1.165) is 16.2 Å². The molecular formula is C13H13N5O3S. The van der Waals surface area contributed by atoms with Gasteiger partial charge in [0.2, 0.25) is 11.1 Å².